The molecule has 0 saturated carbocycles. The van der Waals surface area contributed by atoms with Crippen molar-refractivity contribution in [3.05, 3.63) is 23.2 Å². The molecule has 0 radical (unpaired) electrons. The van der Waals surface area contributed by atoms with Gasteiger partial charge in [-0.25, -0.2) is 0 Å². The van der Waals surface area contributed by atoms with E-state index < -0.39 is 0 Å². The Labute approximate surface area is 153 Å². The van der Waals surface area contributed by atoms with Gasteiger partial charge in [0, 0.05) is 37.1 Å². The van der Waals surface area contributed by atoms with Gasteiger partial charge in [-0.1, -0.05) is 32.4 Å². The zero-order valence-electron chi connectivity index (χ0n) is 15.4. The van der Waals surface area contributed by atoms with Gasteiger partial charge in [0.05, 0.1) is 0 Å². The third-order valence-corrected chi connectivity index (χ3v) is 4.98. The summed E-state index contributed by atoms with van der Waals surface area (Å²) in [6.07, 6.45) is 2.06. The SMILES string of the molecule is CN(CC1CCN(c2nc3cc(Cl)ccc3o2)CC1)C(=O)C(C)(C)C. The second-order valence-electron chi connectivity index (χ2n) is 7.97. The van der Waals surface area contributed by atoms with E-state index in [9.17, 15) is 4.79 Å². The molecule has 0 bridgehead atoms. The van der Waals surface area contributed by atoms with Gasteiger partial charge < -0.3 is 14.2 Å². The van der Waals surface area contributed by atoms with Crippen LogP contribution in [-0.4, -0.2) is 42.5 Å². The number of carbonyl (C=O) groups is 1. The maximum Gasteiger partial charge on any atom is 0.298 e. The molecule has 6 heteroatoms. The number of hydrogen-bond donors (Lipinski definition) is 0. The molecule has 2 aromatic rings. The fourth-order valence-electron chi connectivity index (χ4n) is 3.37. The van der Waals surface area contributed by atoms with Crippen LogP contribution in [0.25, 0.3) is 11.1 Å². The second kappa shape index (κ2) is 6.87. The summed E-state index contributed by atoms with van der Waals surface area (Å²) in [5.41, 5.74) is 1.23. The molecule has 5 nitrogen and oxygen atoms in total. The monoisotopic (exact) mass is 363 g/mol. The van der Waals surface area contributed by atoms with Crippen molar-refractivity contribution in [2.75, 3.05) is 31.6 Å². The Morgan fingerprint density at radius 3 is 2.68 bits per heavy atom. The van der Waals surface area contributed by atoms with Gasteiger partial charge in [0.15, 0.2) is 5.58 Å². The average molecular weight is 364 g/mol. The van der Waals surface area contributed by atoms with Crippen LogP contribution in [0.1, 0.15) is 33.6 Å². The summed E-state index contributed by atoms with van der Waals surface area (Å²) in [6, 6.07) is 6.15. The zero-order chi connectivity index (χ0) is 18.2. The van der Waals surface area contributed by atoms with E-state index in [0.29, 0.717) is 17.0 Å². The molecule has 1 saturated heterocycles. The van der Waals surface area contributed by atoms with E-state index in [1.165, 1.54) is 0 Å². The number of fused-ring (bicyclic) bond motifs is 1. The molecule has 0 spiro atoms. The molecule has 1 fully saturated rings. The molecule has 0 unspecified atom stereocenters. The highest BCUT2D eigenvalue weighted by Gasteiger charge is 2.28. The van der Waals surface area contributed by atoms with Crippen molar-refractivity contribution in [2.45, 2.75) is 33.6 Å². The van der Waals surface area contributed by atoms with E-state index in [1.54, 1.807) is 0 Å². The molecule has 0 atom stereocenters. The average Bonchev–Trinajstić information content (AvgIpc) is 2.97. The van der Waals surface area contributed by atoms with Gasteiger partial charge in [-0.3, -0.25) is 4.79 Å². The maximum atomic E-state index is 12.3. The lowest BCUT2D eigenvalue weighted by atomic mass is 9.92. The molecule has 25 heavy (non-hydrogen) atoms. The first-order valence-electron chi connectivity index (χ1n) is 8.80. The Balaban J connectivity index is 1.58. The third kappa shape index (κ3) is 4.09. The van der Waals surface area contributed by atoms with E-state index in [4.69, 9.17) is 16.0 Å². The predicted octanol–water partition coefficient (Wildman–Crippen LogP) is 4.20. The van der Waals surface area contributed by atoms with Gasteiger partial charge in [-0.05, 0) is 37.0 Å². The molecule has 0 aliphatic carbocycles. The number of rotatable bonds is 3. The molecule has 136 valence electrons. The van der Waals surface area contributed by atoms with E-state index in [0.717, 1.165) is 43.6 Å². The summed E-state index contributed by atoms with van der Waals surface area (Å²) in [7, 11) is 1.91. The van der Waals surface area contributed by atoms with Crippen LogP contribution in [0.3, 0.4) is 0 Å². The van der Waals surface area contributed by atoms with Crippen LogP contribution in [0.4, 0.5) is 6.01 Å². The first-order valence-corrected chi connectivity index (χ1v) is 9.18. The molecular formula is C19H26ClN3O2. The number of benzene rings is 1. The minimum atomic E-state index is -0.324. The van der Waals surface area contributed by atoms with Gasteiger partial charge in [0.25, 0.3) is 6.01 Å². The van der Waals surface area contributed by atoms with Gasteiger partial charge in [-0.15, -0.1) is 0 Å². The normalized spacial score (nSPS) is 16.4. The van der Waals surface area contributed by atoms with Crippen molar-refractivity contribution >= 4 is 34.6 Å². The summed E-state index contributed by atoms with van der Waals surface area (Å²) in [5.74, 6) is 0.720. The van der Waals surface area contributed by atoms with Crippen LogP contribution in [0, 0.1) is 11.3 Å². The van der Waals surface area contributed by atoms with E-state index >= 15 is 0 Å². The first-order chi connectivity index (χ1) is 11.7. The first kappa shape index (κ1) is 18.1. The number of amides is 1. The summed E-state index contributed by atoms with van der Waals surface area (Å²) < 4.78 is 5.85. The van der Waals surface area contributed by atoms with Gasteiger partial charge in [-0.2, -0.15) is 4.98 Å². The maximum absolute atomic E-state index is 12.3. The quantitative estimate of drug-likeness (QED) is 0.819. The van der Waals surface area contributed by atoms with Crippen molar-refractivity contribution in [3.8, 4) is 0 Å². The van der Waals surface area contributed by atoms with Gasteiger partial charge in [0.2, 0.25) is 5.91 Å². The van der Waals surface area contributed by atoms with Crippen molar-refractivity contribution in [1.82, 2.24) is 9.88 Å². The third-order valence-electron chi connectivity index (χ3n) is 4.74. The lowest BCUT2D eigenvalue weighted by Gasteiger charge is -2.34. The second-order valence-corrected chi connectivity index (χ2v) is 8.41. The van der Waals surface area contributed by atoms with Crippen molar-refractivity contribution < 1.29 is 9.21 Å². The highest BCUT2D eigenvalue weighted by Crippen LogP contribution is 2.28. The number of halogens is 1. The molecule has 0 N–H and O–H groups in total. The number of anilines is 1. The summed E-state index contributed by atoms with van der Waals surface area (Å²) in [4.78, 5) is 20.9. The fourth-order valence-corrected chi connectivity index (χ4v) is 3.54. The fraction of sp³-hybridized carbons (Fsp3) is 0.579. The summed E-state index contributed by atoms with van der Waals surface area (Å²) in [6.45, 7) is 8.49. The molecule has 1 aromatic carbocycles. The summed E-state index contributed by atoms with van der Waals surface area (Å²) in [5, 5.41) is 0.664. The largest absolute Gasteiger partial charge is 0.423 e. The smallest absolute Gasteiger partial charge is 0.298 e. The molecule has 1 aliphatic heterocycles. The Bertz CT molecular complexity index is 758. The van der Waals surface area contributed by atoms with Crippen molar-refractivity contribution in [3.63, 3.8) is 0 Å². The molecule has 1 aliphatic rings. The number of oxazole rings is 1. The van der Waals surface area contributed by atoms with E-state index in [1.807, 2.05) is 50.9 Å². The molecule has 2 heterocycles. The van der Waals surface area contributed by atoms with Crippen LogP contribution in [0.2, 0.25) is 5.02 Å². The van der Waals surface area contributed by atoms with Gasteiger partial charge in [0.1, 0.15) is 5.52 Å². The van der Waals surface area contributed by atoms with Crippen LogP contribution in [0.5, 0.6) is 0 Å². The van der Waals surface area contributed by atoms with Gasteiger partial charge >= 0.3 is 0 Å². The Morgan fingerprint density at radius 1 is 1.36 bits per heavy atom. The molecule has 3 rings (SSSR count). The number of piperidine rings is 1. The van der Waals surface area contributed by atoms with Crippen molar-refractivity contribution in [1.29, 1.82) is 0 Å². The lowest BCUT2D eigenvalue weighted by Crippen LogP contribution is -2.42. The van der Waals surface area contributed by atoms with Crippen LogP contribution in [-0.2, 0) is 4.79 Å². The highest BCUT2D eigenvalue weighted by molar-refractivity contribution is 6.31. The van der Waals surface area contributed by atoms with Crippen LogP contribution >= 0.6 is 11.6 Å². The molecular weight excluding hydrogens is 338 g/mol. The van der Waals surface area contributed by atoms with Crippen LogP contribution < -0.4 is 4.90 Å². The number of hydrogen-bond acceptors (Lipinski definition) is 4. The van der Waals surface area contributed by atoms with Crippen LogP contribution in [0.15, 0.2) is 22.6 Å². The highest BCUT2D eigenvalue weighted by atomic mass is 35.5. The zero-order valence-corrected chi connectivity index (χ0v) is 16.1. The molecule has 1 aromatic heterocycles. The van der Waals surface area contributed by atoms with Crippen molar-refractivity contribution in [2.24, 2.45) is 11.3 Å². The van der Waals surface area contributed by atoms with E-state index in [-0.39, 0.29) is 11.3 Å². The summed E-state index contributed by atoms with van der Waals surface area (Å²) >= 11 is 6.01. The molecule has 1 amide bonds. The topological polar surface area (TPSA) is 49.6 Å². The minimum absolute atomic E-state index is 0.200. The minimum Gasteiger partial charge on any atom is -0.423 e. The van der Waals surface area contributed by atoms with E-state index in [2.05, 4.69) is 9.88 Å². The number of carbonyl (C=O) groups excluding carboxylic acids is 1. The standard InChI is InChI=1S/C19H26ClN3O2/c1-19(2,3)17(24)22(4)12-13-7-9-23(10-8-13)18-21-15-11-14(20)5-6-16(15)25-18/h5-6,11,13H,7-10,12H2,1-4H3. The predicted molar refractivity (Wildman–Crippen MR) is 101 cm³/mol. The number of aromatic nitrogens is 1. The lowest BCUT2D eigenvalue weighted by molar-refractivity contribution is -0.138. The Hall–Kier alpha value is -1.75. The number of nitrogens with zero attached hydrogens (tertiary/aromatic N) is 3. The Morgan fingerprint density at radius 2 is 2.04 bits per heavy atom. The Kier molecular flexibility index (Phi) is 4.96.